The summed E-state index contributed by atoms with van der Waals surface area (Å²) < 4.78 is 5.15. The van der Waals surface area contributed by atoms with Gasteiger partial charge in [-0.3, -0.25) is 14.9 Å². The first kappa shape index (κ1) is 20.0. The summed E-state index contributed by atoms with van der Waals surface area (Å²) in [7, 11) is 1.61. The Balaban J connectivity index is 2.67. The maximum absolute atomic E-state index is 12.2. The summed E-state index contributed by atoms with van der Waals surface area (Å²) >= 11 is 0. The average molecular weight is 336 g/mol. The molecule has 1 amide bonds. The highest BCUT2D eigenvalue weighted by molar-refractivity contribution is 5.80. The van der Waals surface area contributed by atoms with Crippen LogP contribution >= 0.6 is 0 Å². The smallest absolute Gasteiger partial charge is 0.320 e. The highest BCUT2D eigenvalue weighted by atomic mass is 16.5. The van der Waals surface area contributed by atoms with Gasteiger partial charge in [0.2, 0.25) is 5.91 Å². The van der Waals surface area contributed by atoms with Gasteiger partial charge in [0, 0.05) is 0 Å². The molecule has 134 valence electrons. The lowest BCUT2D eigenvalue weighted by atomic mass is 9.96. The maximum Gasteiger partial charge on any atom is 0.320 e. The van der Waals surface area contributed by atoms with E-state index in [2.05, 4.69) is 10.6 Å². The largest absolute Gasteiger partial charge is 0.497 e. The van der Waals surface area contributed by atoms with E-state index < -0.39 is 12.0 Å². The van der Waals surface area contributed by atoms with Gasteiger partial charge < -0.3 is 15.2 Å². The second kappa shape index (κ2) is 9.93. The number of ether oxygens (including phenoxy) is 1. The highest BCUT2D eigenvalue weighted by Gasteiger charge is 2.20. The SMILES string of the molecule is CCCC(NCC(=O)NC(c1ccc(OC)cc1)C(C)C)C(=O)O. The Morgan fingerprint density at radius 3 is 2.29 bits per heavy atom. The van der Waals surface area contributed by atoms with Gasteiger partial charge in [0.15, 0.2) is 0 Å². The van der Waals surface area contributed by atoms with E-state index in [9.17, 15) is 9.59 Å². The van der Waals surface area contributed by atoms with Crippen molar-refractivity contribution in [1.82, 2.24) is 10.6 Å². The number of carbonyl (C=O) groups excluding carboxylic acids is 1. The molecule has 0 aliphatic carbocycles. The van der Waals surface area contributed by atoms with Crippen molar-refractivity contribution < 1.29 is 19.4 Å². The lowest BCUT2D eigenvalue weighted by Gasteiger charge is -2.24. The molecule has 1 rings (SSSR count). The molecule has 24 heavy (non-hydrogen) atoms. The number of amides is 1. The summed E-state index contributed by atoms with van der Waals surface area (Å²) in [6.45, 7) is 5.95. The summed E-state index contributed by atoms with van der Waals surface area (Å²) in [5.41, 5.74) is 0.988. The van der Waals surface area contributed by atoms with Gasteiger partial charge in [-0.2, -0.15) is 0 Å². The van der Waals surface area contributed by atoms with Crippen molar-refractivity contribution in [3.8, 4) is 5.75 Å². The Kier molecular flexibility index (Phi) is 8.26. The average Bonchev–Trinajstić information content (AvgIpc) is 2.56. The topological polar surface area (TPSA) is 87.7 Å². The minimum atomic E-state index is -0.930. The standard InChI is InChI=1S/C18H28N2O4/c1-5-6-15(18(22)23)19-11-16(21)20-17(12(2)3)13-7-9-14(24-4)10-8-13/h7-10,12,15,17,19H,5-6,11H2,1-4H3,(H,20,21)(H,22,23). The summed E-state index contributed by atoms with van der Waals surface area (Å²) in [5, 5.41) is 14.9. The molecule has 0 aromatic heterocycles. The first-order valence-electron chi connectivity index (χ1n) is 8.28. The fourth-order valence-corrected chi connectivity index (χ4v) is 2.49. The molecule has 6 heteroatoms. The van der Waals surface area contributed by atoms with Crippen LogP contribution in [0.1, 0.15) is 45.2 Å². The fourth-order valence-electron chi connectivity index (χ4n) is 2.49. The minimum Gasteiger partial charge on any atom is -0.497 e. The molecule has 0 aliphatic heterocycles. The number of benzene rings is 1. The van der Waals surface area contributed by atoms with E-state index in [0.29, 0.717) is 6.42 Å². The Hall–Kier alpha value is -2.08. The summed E-state index contributed by atoms with van der Waals surface area (Å²) in [6, 6.07) is 6.73. The van der Waals surface area contributed by atoms with Crippen LogP contribution in [0.15, 0.2) is 24.3 Å². The zero-order valence-electron chi connectivity index (χ0n) is 14.8. The zero-order valence-corrected chi connectivity index (χ0v) is 14.8. The molecule has 0 heterocycles. The molecule has 3 N–H and O–H groups in total. The minimum absolute atomic E-state index is 0.0175. The van der Waals surface area contributed by atoms with Crippen LogP contribution < -0.4 is 15.4 Å². The van der Waals surface area contributed by atoms with E-state index in [-0.39, 0.29) is 24.4 Å². The number of carbonyl (C=O) groups is 2. The molecule has 0 fully saturated rings. The van der Waals surface area contributed by atoms with Crippen molar-refractivity contribution in [3.63, 3.8) is 0 Å². The van der Waals surface area contributed by atoms with E-state index in [1.165, 1.54) is 0 Å². The number of carboxylic acid groups (broad SMARTS) is 1. The Morgan fingerprint density at radius 1 is 1.21 bits per heavy atom. The van der Waals surface area contributed by atoms with Crippen molar-refractivity contribution in [2.24, 2.45) is 5.92 Å². The van der Waals surface area contributed by atoms with Gasteiger partial charge in [-0.25, -0.2) is 0 Å². The van der Waals surface area contributed by atoms with Gasteiger partial charge in [0.25, 0.3) is 0 Å². The van der Waals surface area contributed by atoms with Crippen molar-refractivity contribution >= 4 is 11.9 Å². The number of hydrogen-bond acceptors (Lipinski definition) is 4. The number of nitrogens with one attached hydrogen (secondary N) is 2. The number of hydrogen-bond donors (Lipinski definition) is 3. The molecule has 2 unspecified atom stereocenters. The van der Waals surface area contributed by atoms with Crippen molar-refractivity contribution in [2.75, 3.05) is 13.7 Å². The number of methoxy groups -OCH3 is 1. The molecule has 0 saturated heterocycles. The third-order valence-electron chi connectivity index (χ3n) is 3.84. The van der Waals surface area contributed by atoms with Gasteiger partial charge >= 0.3 is 5.97 Å². The van der Waals surface area contributed by atoms with Crippen LogP contribution in [0.3, 0.4) is 0 Å². The lowest BCUT2D eigenvalue weighted by Crippen LogP contribution is -2.44. The highest BCUT2D eigenvalue weighted by Crippen LogP contribution is 2.23. The number of carboxylic acids is 1. The summed E-state index contributed by atoms with van der Waals surface area (Å²) in [5.74, 6) is -0.182. The van der Waals surface area contributed by atoms with Gasteiger partial charge in [0.1, 0.15) is 11.8 Å². The maximum atomic E-state index is 12.2. The van der Waals surface area contributed by atoms with Crippen molar-refractivity contribution in [2.45, 2.75) is 45.7 Å². The first-order valence-corrected chi connectivity index (χ1v) is 8.28. The first-order chi connectivity index (χ1) is 11.4. The molecule has 0 bridgehead atoms. The normalized spacial score (nSPS) is 13.4. The lowest BCUT2D eigenvalue weighted by molar-refractivity contribution is -0.139. The van der Waals surface area contributed by atoms with E-state index in [0.717, 1.165) is 17.7 Å². The van der Waals surface area contributed by atoms with Crippen LogP contribution in [0.2, 0.25) is 0 Å². The molecule has 1 aromatic rings. The summed E-state index contributed by atoms with van der Waals surface area (Å²) in [6.07, 6.45) is 1.24. The van der Waals surface area contributed by atoms with Crippen LogP contribution in [0.4, 0.5) is 0 Å². The van der Waals surface area contributed by atoms with Gasteiger partial charge in [-0.05, 0) is 30.0 Å². The third-order valence-corrected chi connectivity index (χ3v) is 3.84. The van der Waals surface area contributed by atoms with Crippen molar-refractivity contribution in [3.05, 3.63) is 29.8 Å². The quantitative estimate of drug-likeness (QED) is 0.610. The van der Waals surface area contributed by atoms with Crippen LogP contribution in [0, 0.1) is 5.92 Å². The predicted octanol–water partition coefficient (Wildman–Crippen LogP) is 2.35. The van der Waals surface area contributed by atoms with Gasteiger partial charge in [-0.1, -0.05) is 39.3 Å². The Morgan fingerprint density at radius 2 is 1.83 bits per heavy atom. The molecule has 0 aliphatic rings. The molecular weight excluding hydrogens is 308 g/mol. The Labute approximate surface area is 143 Å². The molecule has 2 atom stereocenters. The van der Waals surface area contributed by atoms with Crippen LogP contribution in [-0.2, 0) is 9.59 Å². The van der Waals surface area contributed by atoms with E-state index in [1.54, 1.807) is 7.11 Å². The van der Waals surface area contributed by atoms with E-state index in [1.807, 2.05) is 45.0 Å². The fraction of sp³-hybridized carbons (Fsp3) is 0.556. The molecule has 0 spiro atoms. The van der Waals surface area contributed by atoms with Crippen LogP contribution in [0.5, 0.6) is 5.75 Å². The van der Waals surface area contributed by atoms with E-state index >= 15 is 0 Å². The van der Waals surface area contributed by atoms with E-state index in [4.69, 9.17) is 9.84 Å². The monoisotopic (exact) mass is 336 g/mol. The van der Waals surface area contributed by atoms with Gasteiger partial charge in [0.05, 0.1) is 19.7 Å². The third kappa shape index (κ3) is 6.20. The zero-order chi connectivity index (χ0) is 18.1. The predicted molar refractivity (Wildman–Crippen MR) is 93.1 cm³/mol. The molecule has 0 saturated carbocycles. The molecule has 1 aromatic carbocycles. The molecule has 6 nitrogen and oxygen atoms in total. The number of aliphatic carboxylic acids is 1. The Bertz CT molecular complexity index is 528. The van der Waals surface area contributed by atoms with Crippen LogP contribution in [-0.4, -0.2) is 36.7 Å². The second-order valence-electron chi connectivity index (χ2n) is 6.12. The van der Waals surface area contributed by atoms with Gasteiger partial charge in [-0.15, -0.1) is 0 Å². The molecule has 0 radical (unpaired) electrons. The second-order valence-corrected chi connectivity index (χ2v) is 6.12. The molecular formula is C18H28N2O4. The number of rotatable bonds is 10. The summed E-state index contributed by atoms with van der Waals surface area (Å²) in [4.78, 5) is 23.3. The van der Waals surface area contributed by atoms with Crippen molar-refractivity contribution in [1.29, 1.82) is 0 Å². The van der Waals surface area contributed by atoms with Crippen LogP contribution in [0.25, 0.3) is 0 Å².